The van der Waals surface area contributed by atoms with Gasteiger partial charge in [0.15, 0.2) is 0 Å². The molecule has 2 aromatic rings. The lowest BCUT2D eigenvalue weighted by atomic mass is 9.85. The van der Waals surface area contributed by atoms with E-state index in [0.29, 0.717) is 31.5 Å². The molecule has 2 aromatic heterocycles. The highest BCUT2D eigenvalue weighted by Crippen LogP contribution is 2.25. The number of carbonyl (C=O) groups excluding carboxylic acids is 2. The number of hydrogen-bond acceptors (Lipinski definition) is 5. The molecule has 0 saturated heterocycles. The predicted octanol–water partition coefficient (Wildman–Crippen LogP) is 0.929. The lowest BCUT2D eigenvalue weighted by molar-refractivity contribution is -0.127. The summed E-state index contributed by atoms with van der Waals surface area (Å²) in [5, 5.41) is 8.67. The number of rotatable bonds is 3. The normalized spacial score (nSPS) is 20.4. The standard InChI is InChI=1S/C18H26N6O3/c1-10-20-17-19-9-13(16(27)24(17)23-10)15(26)21-12-7-5-11(6-8-12)14(25)22-18(2,3)4/h9,11-12H,5-8H2,1-4H3,(H,21,26)(H,22,25)(H,19,20,23). The van der Waals surface area contributed by atoms with Crippen LogP contribution >= 0.6 is 0 Å². The van der Waals surface area contributed by atoms with Crippen LogP contribution in [0.15, 0.2) is 11.0 Å². The summed E-state index contributed by atoms with van der Waals surface area (Å²) in [4.78, 5) is 45.3. The van der Waals surface area contributed by atoms with Crippen LogP contribution in [0, 0.1) is 12.8 Å². The van der Waals surface area contributed by atoms with Gasteiger partial charge in [-0.05, 0) is 53.4 Å². The maximum absolute atomic E-state index is 12.5. The van der Waals surface area contributed by atoms with E-state index >= 15 is 0 Å². The molecule has 0 bridgehead atoms. The van der Waals surface area contributed by atoms with Gasteiger partial charge in [0.1, 0.15) is 11.4 Å². The van der Waals surface area contributed by atoms with Crippen molar-refractivity contribution in [2.75, 3.05) is 0 Å². The van der Waals surface area contributed by atoms with Gasteiger partial charge in [0.25, 0.3) is 17.2 Å². The fraction of sp³-hybridized carbons (Fsp3) is 0.611. The van der Waals surface area contributed by atoms with Crippen molar-refractivity contribution in [3.8, 4) is 0 Å². The molecule has 1 aliphatic rings. The molecule has 0 aliphatic heterocycles. The number of aromatic nitrogens is 4. The van der Waals surface area contributed by atoms with Gasteiger partial charge in [-0.3, -0.25) is 19.5 Å². The molecular formula is C18H26N6O3. The summed E-state index contributed by atoms with van der Waals surface area (Å²) in [7, 11) is 0. The second kappa shape index (κ2) is 7.13. The van der Waals surface area contributed by atoms with Gasteiger partial charge in [-0.15, -0.1) is 0 Å². The molecule has 1 aliphatic carbocycles. The molecule has 9 heteroatoms. The fourth-order valence-corrected chi connectivity index (χ4v) is 3.35. The van der Waals surface area contributed by atoms with Gasteiger partial charge in [0.05, 0.1) is 0 Å². The molecule has 0 unspecified atom stereocenters. The zero-order chi connectivity index (χ0) is 19.8. The molecule has 0 aromatic carbocycles. The van der Waals surface area contributed by atoms with Crippen LogP contribution in [0.25, 0.3) is 5.78 Å². The maximum Gasteiger partial charge on any atom is 0.286 e. The van der Waals surface area contributed by atoms with Crippen LogP contribution in [0.4, 0.5) is 0 Å². The van der Waals surface area contributed by atoms with Crippen LogP contribution in [-0.2, 0) is 4.79 Å². The Labute approximate surface area is 156 Å². The van der Waals surface area contributed by atoms with E-state index in [0.717, 1.165) is 4.52 Å². The summed E-state index contributed by atoms with van der Waals surface area (Å²) >= 11 is 0. The number of carbonyl (C=O) groups is 2. The van der Waals surface area contributed by atoms with E-state index in [-0.39, 0.29) is 34.7 Å². The zero-order valence-corrected chi connectivity index (χ0v) is 16.1. The molecule has 2 amide bonds. The van der Waals surface area contributed by atoms with Gasteiger partial charge >= 0.3 is 0 Å². The Morgan fingerprint density at radius 3 is 2.52 bits per heavy atom. The van der Waals surface area contributed by atoms with Crippen LogP contribution in [0.2, 0.25) is 0 Å². The highest BCUT2D eigenvalue weighted by Gasteiger charge is 2.29. The summed E-state index contributed by atoms with van der Waals surface area (Å²) in [6, 6.07) is -0.0558. The number of H-pyrrole nitrogens is 1. The molecule has 27 heavy (non-hydrogen) atoms. The molecule has 3 rings (SSSR count). The van der Waals surface area contributed by atoms with Crippen LogP contribution < -0.4 is 16.2 Å². The van der Waals surface area contributed by atoms with Crippen molar-refractivity contribution in [3.63, 3.8) is 0 Å². The Morgan fingerprint density at radius 2 is 1.89 bits per heavy atom. The van der Waals surface area contributed by atoms with Gasteiger partial charge in [-0.2, -0.15) is 9.50 Å². The van der Waals surface area contributed by atoms with Crippen LogP contribution in [0.1, 0.15) is 62.6 Å². The van der Waals surface area contributed by atoms with Crippen LogP contribution in [0.3, 0.4) is 0 Å². The summed E-state index contributed by atoms with van der Waals surface area (Å²) in [5.74, 6) is 0.365. The molecule has 3 N–H and O–H groups in total. The lowest BCUT2D eigenvalue weighted by Crippen LogP contribution is -2.46. The van der Waals surface area contributed by atoms with E-state index in [1.807, 2.05) is 20.8 Å². The minimum Gasteiger partial charge on any atom is -0.351 e. The van der Waals surface area contributed by atoms with Crippen molar-refractivity contribution in [3.05, 3.63) is 27.9 Å². The first kappa shape index (κ1) is 19.1. The average molecular weight is 374 g/mol. The second-order valence-electron chi connectivity index (χ2n) is 8.18. The first-order chi connectivity index (χ1) is 12.6. The molecule has 146 valence electrons. The molecule has 0 atom stereocenters. The second-order valence-corrected chi connectivity index (χ2v) is 8.18. The largest absolute Gasteiger partial charge is 0.351 e. The van der Waals surface area contributed by atoms with Crippen molar-refractivity contribution in [2.24, 2.45) is 5.92 Å². The Balaban J connectivity index is 1.61. The van der Waals surface area contributed by atoms with E-state index in [2.05, 4.69) is 25.7 Å². The van der Waals surface area contributed by atoms with Crippen molar-refractivity contribution in [1.29, 1.82) is 0 Å². The Bertz CT molecular complexity index is 915. The average Bonchev–Trinajstić information content (AvgIpc) is 2.95. The molecule has 0 spiro atoms. The molecule has 0 radical (unpaired) electrons. The van der Waals surface area contributed by atoms with Gasteiger partial charge in [0, 0.05) is 23.7 Å². The van der Waals surface area contributed by atoms with Crippen molar-refractivity contribution >= 4 is 17.6 Å². The zero-order valence-electron chi connectivity index (χ0n) is 16.1. The number of aromatic amines is 1. The highest BCUT2D eigenvalue weighted by molar-refractivity contribution is 5.93. The fourth-order valence-electron chi connectivity index (χ4n) is 3.35. The summed E-state index contributed by atoms with van der Waals surface area (Å²) < 4.78 is 1.16. The number of nitrogens with one attached hydrogen (secondary N) is 3. The Morgan fingerprint density at radius 1 is 1.22 bits per heavy atom. The monoisotopic (exact) mass is 374 g/mol. The first-order valence-corrected chi connectivity index (χ1v) is 9.21. The number of amides is 2. The van der Waals surface area contributed by atoms with Gasteiger partial charge in [-0.25, -0.2) is 4.98 Å². The highest BCUT2D eigenvalue weighted by atomic mass is 16.2. The van der Waals surface area contributed by atoms with Crippen molar-refractivity contribution in [1.82, 2.24) is 30.2 Å². The Kier molecular flexibility index (Phi) is 5.03. The minimum absolute atomic E-state index is 0.0243. The summed E-state index contributed by atoms with van der Waals surface area (Å²) in [6.45, 7) is 7.59. The van der Waals surface area contributed by atoms with E-state index in [9.17, 15) is 14.4 Å². The topological polar surface area (TPSA) is 121 Å². The quantitative estimate of drug-likeness (QED) is 0.738. The number of nitrogens with zero attached hydrogens (tertiary/aromatic N) is 3. The number of aryl methyl sites for hydroxylation is 1. The summed E-state index contributed by atoms with van der Waals surface area (Å²) in [5.41, 5.74) is -0.749. The predicted molar refractivity (Wildman–Crippen MR) is 99.5 cm³/mol. The number of fused-ring (bicyclic) bond motifs is 1. The molecule has 1 saturated carbocycles. The van der Waals surface area contributed by atoms with Gasteiger partial charge < -0.3 is 10.6 Å². The third kappa shape index (κ3) is 4.35. The SMILES string of the molecule is Cc1nc2ncc(C(=O)NC3CCC(C(=O)NC(C)(C)C)CC3)c(=O)n2[nH]1. The smallest absolute Gasteiger partial charge is 0.286 e. The summed E-state index contributed by atoms with van der Waals surface area (Å²) in [6.07, 6.45) is 4.09. The molecule has 2 heterocycles. The third-order valence-electron chi connectivity index (χ3n) is 4.66. The minimum atomic E-state index is -0.476. The number of hydrogen-bond donors (Lipinski definition) is 3. The lowest BCUT2D eigenvalue weighted by Gasteiger charge is -2.30. The van der Waals surface area contributed by atoms with Gasteiger partial charge in [0.2, 0.25) is 5.91 Å². The van der Waals surface area contributed by atoms with E-state index in [4.69, 9.17) is 0 Å². The first-order valence-electron chi connectivity index (χ1n) is 9.21. The van der Waals surface area contributed by atoms with Gasteiger partial charge in [-0.1, -0.05) is 0 Å². The third-order valence-corrected chi connectivity index (χ3v) is 4.66. The van der Waals surface area contributed by atoms with E-state index < -0.39 is 11.5 Å². The maximum atomic E-state index is 12.5. The van der Waals surface area contributed by atoms with Crippen LogP contribution in [-0.4, -0.2) is 43.0 Å². The molecule has 9 nitrogen and oxygen atoms in total. The van der Waals surface area contributed by atoms with E-state index in [1.54, 1.807) is 6.92 Å². The Hall–Kier alpha value is -2.71. The van der Waals surface area contributed by atoms with Crippen molar-refractivity contribution < 1.29 is 9.59 Å². The van der Waals surface area contributed by atoms with Crippen molar-refractivity contribution in [2.45, 2.75) is 65.0 Å². The molecular weight excluding hydrogens is 348 g/mol. The van der Waals surface area contributed by atoms with E-state index in [1.165, 1.54) is 6.20 Å². The molecule has 1 fully saturated rings. The van der Waals surface area contributed by atoms with Crippen LogP contribution in [0.5, 0.6) is 0 Å².